The lowest BCUT2D eigenvalue weighted by atomic mass is 9.92. The highest BCUT2D eigenvalue weighted by molar-refractivity contribution is 6.01. The van der Waals surface area contributed by atoms with Crippen LogP contribution in [0.1, 0.15) is 66.9 Å². The number of rotatable bonds is 3. The van der Waals surface area contributed by atoms with Crippen LogP contribution in [0.5, 0.6) is 0 Å². The predicted molar refractivity (Wildman–Crippen MR) is 128 cm³/mol. The van der Waals surface area contributed by atoms with E-state index in [0.29, 0.717) is 18.6 Å². The molecule has 3 atom stereocenters. The highest BCUT2D eigenvalue weighted by atomic mass is 16.7. The van der Waals surface area contributed by atoms with E-state index in [4.69, 9.17) is 19.4 Å². The standard InChI is InChI=1S/C18H24N2O3.C6H14O.CH4O/c1-13-10-18(12-20(13)16(21)22-17(2,3)4)11-15(19-23-18)14-8-6-5-7-9-14;1-5(2)6(3)7-4;1-2/h5-9,13H,10-12H2,1-4H3;5-6H,1-4H3;2H,1H3/t13-,18+;;/m1../s1. The number of benzene rings is 1. The second-order valence-electron chi connectivity index (χ2n) is 9.70. The number of nitrogens with zero attached hydrogens (tertiary/aromatic N) is 2. The van der Waals surface area contributed by atoms with Crippen LogP contribution in [0, 0.1) is 5.92 Å². The Balaban J connectivity index is 0.000000488. The largest absolute Gasteiger partial charge is 0.444 e. The van der Waals surface area contributed by atoms with E-state index in [1.54, 1.807) is 12.0 Å². The van der Waals surface area contributed by atoms with Crippen molar-refractivity contribution >= 4 is 11.8 Å². The molecule has 1 amide bonds. The van der Waals surface area contributed by atoms with E-state index in [-0.39, 0.29) is 12.1 Å². The first-order chi connectivity index (χ1) is 15.0. The van der Waals surface area contributed by atoms with Gasteiger partial charge in [0.1, 0.15) is 5.60 Å². The third-order valence-corrected chi connectivity index (χ3v) is 5.54. The molecule has 1 N–H and O–H groups in total. The lowest BCUT2D eigenvalue weighted by Gasteiger charge is -2.27. The summed E-state index contributed by atoms with van der Waals surface area (Å²) in [5.74, 6) is 0.644. The van der Waals surface area contributed by atoms with Crippen molar-refractivity contribution in [1.82, 2.24) is 4.90 Å². The second-order valence-corrected chi connectivity index (χ2v) is 9.70. The van der Waals surface area contributed by atoms with E-state index in [9.17, 15) is 4.79 Å². The number of amides is 1. The molecule has 1 unspecified atom stereocenters. The molecule has 182 valence electrons. The monoisotopic (exact) mass is 450 g/mol. The third-order valence-electron chi connectivity index (χ3n) is 5.54. The van der Waals surface area contributed by atoms with Crippen LogP contribution in [0.3, 0.4) is 0 Å². The number of carbonyl (C=O) groups is 1. The molecule has 2 aliphatic rings. The van der Waals surface area contributed by atoms with Crippen molar-refractivity contribution in [2.24, 2.45) is 11.1 Å². The summed E-state index contributed by atoms with van der Waals surface area (Å²) in [6.07, 6.45) is 1.62. The van der Waals surface area contributed by atoms with Gasteiger partial charge in [0.25, 0.3) is 0 Å². The fraction of sp³-hybridized carbons (Fsp3) is 0.680. The molecule has 7 heteroatoms. The Morgan fingerprint density at radius 3 is 2.28 bits per heavy atom. The van der Waals surface area contributed by atoms with Gasteiger partial charge in [-0.2, -0.15) is 0 Å². The third kappa shape index (κ3) is 8.10. The van der Waals surface area contributed by atoms with Gasteiger partial charge in [-0.05, 0) is 46.1 Å². The average molecular weight is 451 g/mol. The van der Waals surface area contributed by atoms with Crippen LogP contribution in [0.2, 0.25) is 0 Å². The van der Waals surface area contributed by atoms with Crippen molar-refractivity contribution in [3.8, 4) is 0 Å². The molecule has 3 rings (SSSR count). The Kier molecular flexibility index (Phi) is 10.6. The summed E-state index contributed by atoms with van der Waals surface area (Å²) in [5.41, 5.74) is 1.12. The number of oxime groups is 1. The summed E-state index contributed by atoms with van der Waals surface area (Å²) < 4.78 is 10.5. The maximum Gasteiger partial charge on any atom is 0.410 e. The molecule has 1 spiro atoms. The summed E-state index contributed by atoms with van der Waals surface area (Å²) >= 11 is 0. The molecule has 2 aliphatic heterocycles. The summed E-state index contributed by atoms with van der Waals surface area (Å²) in [4.78, 5) is 19.9. The second kappa shape index (κ2) is 12.2. The van der Waals surface area contributed by atoms with E-state index in [2.05, 4.69) is 25.9 Å². The summed E-state index contributed by atoms with van der Waals surface area (Å²) in [7, 11) is 2.74. The van der Waals surface area contributed by atoms with E-state index < -0.39 is 11.2 Å². The van der Waals surface area contributed by atoms with Crippen molar-refractivity contribution in [2.45, 2.75) is 84.7 Å². The van der Waals surface area contributed by atoms with Crippen LogP contribution in [-0.4, -0.2) is 65.9 Å². The zero-order valence-electron chi connectivity index (χ0n) is 21.2. The lowest BCUT2D eigenvalue weighted by molar-refractivity contribution is -0.0159. The summed E-state index contributed by atoms with van der Waals surface area (Å²) in [6.45, 7) is 14.6. The molecule has 1 saturated heterocycles. The number of ether oxygens (including phenoxy) is 2. The van der Waals surface area contributed by atoms with E-state index in [1.165, 1.54) is 0 Å². The normalized spacial score (nSPS) is 22.9. The van der Waals surface area contributed by atoms with Gasteiger partial charge in [-0.1, -0.05) is 49.3 Å². The van der Waals surface area contributed by atoms with E-state index in [1.807, 2.05) is 58.0 Å². The number of methoxy groups -OCH3 is 1. The molecule has 0 aliphatic carbocycles. The lowest BCUT2D eigenvalue weighted by Crippen LogP contribution is -2.41. The maximum atomic E-state index is 12.4. The van der Waals surface area contributed by atoms with Gasteiger partial charge in [0, 0.05) is 33.1 Å². The highest BCUT2D eigenvalue weighted by Crippen LogP contribution is 2.39. The summed E-state index contributed by atoms with van der Waals surface area (Å²) in [6, 6.07) is 10.1. The van der Waals surface area contributed by atoms with Crippen molar-refractivity contribution in [2.75, 3.05) is 20.8 Å². The van der Waals surface area contributed by atoms with E-state index >= 15 is 0 Å². The molecule has 1 fully saturated rings. The number of aliphatic hydroxyl groups is 1. The van der Waals surface area contributed by atoms with Gasteiger partial charge in [0.2, 0.25) is 0 Å². The smallest absolute Gasteiger partial charge is 0.410 e. The molecule has 0 bridgehead atoms. The van der Waals surface area contributed by atoms with Crippen molar-refractivity contribution in [3.63, 3.8) is 0 Å². The summed E-state index contributed by atoms with van der Waals surface area (Å²) in [5, 5.41) is 11.3. The molecule has 0 radical (unpaired) electrons. The Morgan fingerprint density at radius 2 is 1.81 bits per heavy atom. The van der Waals surface area contributed by atoms with E-state index in [0.717, 1.165) is 31.2 Å². The Morgan fingerprint density at radius 1 is 1.22 bits per heavy atom. The topological polar surface area (TPSA) is 80.6 Å². The molecule has 0 saturated carbocycles. The maximum absolute atomic E-state index is 12.4. The van der Waals surface area contributed by atoms with Crippen LogP contribution in [-0.2, 0) is 14.3 Å². The Labute approximate surface area is 193 Å². The number of hydrogen-bond acceptors (Lipinski definition) is 6. The molecule has 32 heavy (non-hydrogen) atoms. The SMILES string of the molecule is CO.COC(C)C(C)C.C[C@@H]1C[C@]2(CC(c3ccccc3)=NO2)CN1C(=O)OC(C)(C)C. The molecule has 2 heterocycles. The van der Waals surface area contributed by atoms with Crippen LogP contribution < -0.4 is 0 Å². The van der Waals surface area contributed by atoms with Crippen LogP contribution in [0.25, 0.3) is 0 Å². The molecule has 0 aromatic heterocycles. The van der Waals surface area contributed by atoms with Gasteiger partial charge in [-0.15, -0.1) is 0 Å². The zero-order valence-corrected chi connectivity index (χ0v) is 21.2. The van der Waals surface area contributed by atoms with Crippen LogP contribution in [0.4, 0.5) is 4.79 Å². The molecule has 1 aromatic carbocycles. The number of aliphatic hydroxyl groups excluding tert-OH is 1. The van der Waals surface area contributed by atoms with Gasteiger partial charge in [-0.3, -0.25) is 0 Å². The number of likely N-dealkylation sites (tertiary alicyclic amines) is 1. The van der Waals surface area contributed by atoms with Gasteiger partial charge in [0.05, 0.1) is 18.4 Å². The Bertz CT molecular complexity index is 730. The molecule has 7 nitrogen and oxygen atoms in total. The van der Waals surface area contributed by atoms with Gasteiger partial charge in [-0.25, -0.2) is 4.79 Å². The molecular weight excluding hydrogens is 408 g/mol. The van der Waals surface area contributed by atoms with Crippen LogP contribution in [0.15, 0.2) is 35.5 Å². The minimum Gasteiger partial charge on any atom is -0.444 e. The van der Waals surface area contributed by atoms with Crippen LogP contribution >= 0.6 is 0 Å². The fourth-order valence-electron chi connectivity index (χ4n) is 3.52. The van der Waals surface area contributed by atoms with Gasteiger partial charge >= 0.3 is 6.09 Å². The molecule has 1 aromatic rings. The first-order valence-corrected chi connectivity index (χ1v) is 11.2. The van der Waals surface area contributed by atoms with Gasteiger partial charge in [0.15, 0.2) is 5.60 Å². The first-order valence-electron chi connectivity index (χ1n) is 11.2. The van der Waals surface area contributed by atoms with Crippen molar-refractivity contribution < 1.29 is 24.2 Å². The quantitative estimate of drug-likeness (QED) is 0.711. The van der Waals surface area contributed by atoms with Crippen molar-refractivity contribution in [3.05, 3.63) is 35.9 Å². The fourth-order valence-corrected chi connectivity index (χ4v) is 3.52. The average Bonchev–Trinajstić information content (AvgIpc) is 3.31. The first kappa shape index (κ1) is 27.9. The molecular formula is C25H42N2O5. The predicted octanol–water partition coefficient (Wildman–Crippen LogP) is 4.86. The van der Waals surface area contributed by atoms with Gasteiger partial charge < -0.3 is 24.3 Å². The Hall–Kier alpha value is -2.12. The van der Waals surface area contributed by atoms with Crippen molar-refractivity contribution in [1.29, 1.82) is 0 Å². The highest BCUT2D eigenvalue weighted by Gasteiger charge is 2.50. The zero-order chi connectivity index (χ0) is 24.5. The minimum absolute atomic E-state index is 0.0789. The number of hydrogen-bond donors (Lipinski definition) is 1. The number of carbonyl (C=O) groups excluding carboxylic acids is 1. The minimum atomic E-state index is -0.491.